The summed E-state index contributed by atoms with van der Waals surface area (Å²) in [5, 5.41) is 11.4. The molecule has 0 unspecified atom stereocenters. The molecule has 0 aromatic heterocycles. The van der Waals surface area contributed by atoms with Crippen LogP contribution in [0.25, 0.3) is 0 Å². The Kier molecular flexibility index (Phi) is 4.97. The van der Waals surface area contributed by atoms with Crippen LogP contribution in [0.3, 0.4) is 0 Å². The van der Waals surface area contributed by atoms with Crippen LogP contribution in [0.4, 0.5) is 11.4 Å². The number of nitro benzene ring substituents is 1. The largest absolute Gasteiger partial charge is 0.457 e. The van der Waals surface area contributed by atoms with Gasteiger partial charge in [-0.25, -0.2) is 4.79 Å². The summed E-state index contributed by atoms with van der Waals surface area (Å²) in [6, 6.07) is 12.2. The molecule has 0 spiro atoms. The SMILES string of the molecule is Cc1cccc(COC(=O)c2ccc(N3CCCC3)c([N+](=O)[O-])c2)c1. The van der Waals surface area contributed by atoms with Gasteiger partial charge in [-0.15, -0.1) is 0 Å². The van der Waals surface area contributed by atoms with E-state index in [4.69, 9.17) is 4.74 Å². The van der Waals surface area contributed by atoms with Crippen LogP contribution >= 0.6 is 0 Å². The summed E-state index contributed by atoms with van der Waals surface area (Å²) in [5.74, 6) is -0.558. The first-order valence-corrected chi connectivity index (χ1v) is 8.30. The van der Waals surface area contributed by atoms with Crippen LogP contribution in [0.2, 0.25) is 0 Å². The fraction of sp³-hybridized carbons (Fsp3) is 0.316. The number of rotatable bonds is 5. The van der Waals surface area contributed by atoms with E-state index in [1.807, 2.05) is 36.1 Å². The lowest BCUT2D eigenvalue weighted by Gasteiger charge is -2.17. The van der Waals surface area contributed by atoms with Crippen molar-refractivity contribution in [2.24, 2.45) is 0 Å². The molecule has 1 saturated heterocycles. The molecular formula is C19H20N2O4. The summed E-state index contributed by atoms with van der Waals surface area (Å²) in [6.45, 7) is 3.71. The Hall–Kier alpha value is -2.89. The lowest BCUT2D eigenvalue weighted by Crippen LogP contribution is -2.19. The van der Waals surface area contributed by atoms with Gasteiger partial charge in [0, 0.05) is 19.2 Å². The highest BCUT2D eigenvalue weighted by atomic mass is 16.6. The highest BCUT2D eigenvalue weighted by Gasteiger charge is 2.24. The number of nitrogens with zero attached hydrogens (tertiary/aromatic N) is 2. The molecule has 0 amide bonds. The average molecular weight is 340 g/mol. The number of carbonyl (C=O) groups excluding carboxylic acids is 1. The second-order valence-corrected chi connectivity index (χ2v) is 6.22. The number of anilines is 1. The third-order valence-electron chi connectivity index (χ3n) is 4.31. The highest BCUT2D eigenvalue weighted by molar-refractivity contribution is 5.91. The second-order valence-electron chi connectivity index (χ2n) is 6.22. The van der Waals surface area contributed by atoms with E-state index in [0.717, 1.165) is 37.1 Å². The zero-order valence-corrected chi connectivity index (χ0v) is 14.1. The first-order valence-electron chi connectivity index (χ1n) is 8.30. The molecule has 0 atom stereocenters. The van der Waals surface area contributed by atoms with Crippen LogP contribution in [-0.2, 0) is 11.3 Å². The average Bonchev–Trinajstić information content (AvgIpc) is 3.13. The van der Waals surface area contributed by atoms with Gasteiger partial charge >= 0.3 is 5.97 Å². The Bertz CT molecular complexity index is 798. The predicted molar refractivity (Wildman–Crippen MR) is 94.8 cm³/mol. The molecule has 0 radical (unpaired) electrons. The van der Waals surface area contributed by atoms with Gasteiger partial charge in [-0.1, -0.05) is 29.8 Å². The van der Waals surface area contributed by atoms with Crippen molar-refractivity contribution in [3.05, 3.63) is 69.3 Å². The fourth-order valence-electron chi connectivity index (χ4n) is 3.06. The zero-order chi connectivity index (χ0) is 17.8. The minimum absolute atomic E-state index is 0.0492. The zero-order valence-electron chi connectivity index (χ0n) is 14.1. The van der Waals surface area contributed by atoms with E-state index in [9.17, 15) is 14.9 Å². The van der Waals surface area contributed by atoms with Gasteiger partial charge in [0.1, 0.15) is 12.3 Å². The van der Waals surface area contributed by atoms with Gasteiger partial charge in [0.25, 0.3) is 5.69 Å². The Morgan fingerprint density at radius 3 is 2.64 bits per heavy atom. The molecule has 2 aromatic rings. The van der Waals surface area contributed by atoms with Crippen molar-refractivity contribution in [3.63, 3.8) is 0 Å². The van der Waals surface area contributed by atoms with E-state index in [1.54, 1.807) is 12.1 Å². The van der Waals surface area contributed by atoms with Crippen molar-refractivity contribution < 1.29 is 14.5 Å². The monoisotopic (exact) mass is 340 g/mol. The Balaban J connectivity index is 1.76. The van der Waals surface area contributed by atoms with Crippen molar-refractivity contribution in [3.8, 4) is 0 Å². The molecule has 0 bridgehead atoms. The molecule has 6 heteroatoms. The molecule has 0 aliphatic carbocycles. The van der Waals surface area contributed by atoms with Crippen LogP contribution < -0.4 is 4.90 Å². The lowest BCUT2D eigenvalue weighted by molar-refractivity contribution is -0.384. The van der Waals surface area contributed by atoms with E-state index in [-0.39, 0.29) is 17.9 Å². The maximum absolute atomic E-state index is 12.3. The molecule has 2 aromatic carbocycles. The second kappa shape index (κ2) is 7.34. The summed E-state index contributed by atoms with van der Waals surface area (Å²) < 4.78 is 5.29. The fourth-order valence-corrected chi connectivity index (χ4v) is 3.06. The van der Waals surface area contributed by atoms with Crippen molar-refractivity contribution in [2.75, 3.05) is 18.0 Å². The van der Waals surface area contributed by atoms with E-state index >= 15 is 0 Å². The summed E-state index contributed by atoms with van der Waals surface area (Å²) in [5.41, 5.74) is 2.68. The summed E-state index contributed by atoms with van der Waals surface area (Å²) in [7, 11) is 0. The highest BCUT2D eigenvalue weighted by Crippen LogP contribution is 2.31. The Labute approximate surface area is 146 Å². The van der Waals surface area contributed by atoms with Crippen molar-refractivity contribution in [1.82, 2.24) is 0 Å². The minimum atomic E-state index is -0.558. The number of hydrogen-bond acceptors (Lipinski definition) is 5. The van der Waals surface area contributed by atoms with Crippen LogP contribution in [0.15, 0.2) is 42.5 Å². The molecule has 0 N–H and O–H groups in total. The predicted octanol–water partition coefficient (Wildman–Crippen LogP) is 3.86. The molecule has 1 aliphatic heterocycles. The molecular weight excluding hydrogens is 320 g/mol. The third-order valence-corrected chi connectivity index (χ3v) is 4.31. The maximum atomic E-state index is 12.3. The molecule has 1 fully saturated rings. The number of ether oxygens (including phenoxy) is 1. The molecule has 6 nitrogen and oxygen atoms in total. The minimum Gasteiger partial charge on any atom is -0.457 e. The van der Waals surface area contributed by atoms with Crippen molar-refractivity contribution >= 4 is 17.3 Å². The van der Waals surface area contributed by atoms with Gasteiger partial charge in [-0.2, -0.15) is 0 Å². The van der Waals surface area contributed by atoms with Gasteiger partial charge in [0.05, 0.1) is 10.5 Å². The lowest BCUT2D eigenvalue weighted by atomic mass is 10.1. The van der Waals surface area contributed by atoms with E-state index in [1.165, 1.54) is 6.07 Å². The summed E-state index contributed by atoms with van der Waals surface area (Å²) in [4.78, 5) is 25.2. The van der Waals surface area contributed by atoms with Crippen LogP contribution in [-0.4, -0.2) is 24.0 Å². The Morgan fingerprint density at radius 2 is 1.96 bits per heavy atom. The summed E-state index contributed by atoms with van der Waals surface area (Å²) in [6.07, 6.45) is 2.05. The first kappa shape index (κ1) is 17.0. The number of hydrogen-bond donors (Lipinski definition) is 0. The van der Waals surface area contributed by atoms with Gasteiger partial charge in [0.15, 0.2) is 0 Å². The Morgan fingerprint density at radius 1 is 1.20 bits per heavy atom. The quantitative estimate of drug-likeness (QED) is 0.469. The van der Waals surface area contributed by atoms with Crippen LogP contribution in [0.5, 0.6) is 0 Å². The smallest absolute Gasteiger partial charge is 0.338 e. The number of benzene rings is 2. The van der Waals surface area contributed by atoms with Gasteiger partial charge in [-0.05, 0) is 37.5 Å². The molecule has 130 valence electrons. The molecule has 25 heavy (non-hydrogen) atoms. The number of carbonyl (C=O) groups is 1. The van der Waals surface area contributed by atoms with Crippen molar-refractivity contribution in [1.29, 1.82) is 0 Å². The topological polar surface area (TPSA) is 72.7 Å². The van der Waals surface area contributed by atoms with Gasteiger partial charge < -0.3 is 9.64 Å². The molecule has 1 heterocycles. The van der Waals surface area contributed by atoms with E-state index < -0.39 is 10.9 Å². The number of esters is 1. The maximum Gasteiger partial charge on any atom is 0.338 e. The van der Waals surface area contributed by atoms with Gasteiger partial charge in [0.2, 0.25) is 0 Å². The number of aryl methyl sites for hydroxylation is 1. The third kappa shape index (κ3) is 3.96. The molecule has 3 rings (SSSR count). The van der Waals surface area contributed by atoms with Crippen molar-refractivity contribution in [2.45, 2.75) is 26.4 Å². The molecule has 1 aliphatic rings. The molecule has 0 saturated carbocycles. The van der Waals surface area contributed by atoms with E-state index in [2.05, 4.69) is 0 Å². The summed E-state index contributed by atoms with van der Waals surface area (Å²) >= 11 is 0. The van der Waals surface area contributed by atoms with Crippen LogP contribution in [0, 0.1) is 17.0 Å². The van der Waals surface area contributed by atoms with Gasteiger partial charge in [-0.3, -0.25) is 10.1 Å². The first-order chi connectivity index (χ1) is 12.0. The number of nitro groups is 1. The van der Waals surface area contributed by atoms with Crippen LogP contribution in [0.1, 0.15) is 34.3 Å². The normalized spacial score (nSPS) is 13.7. The van der Waals surface area contributed by atoms with E-state index in [0.29, 0.717) is 5.69 Å². The standard InChI is InChI=1S/C19H20N2O4/c1-14-5-4-6-15(11-14)13-25-19(22)16-7-8-17(18(12-16)21(23)24)20-9-2-3-10-20/h4-8,11-12H,2-3,9-10,13H2,1H3.